The van der Waals surface area contributed by atoms with Crippen LogP contribution in [0.15, 0.2) is 11.5 Å². The lowest BCUT2D eigenvalue weighted by Crippen LogP contribution is -2.20. The van der Waals surface area contributed by atoms with E-state index >= 15 is 0 Å². The third-order valence-electron chi connectivity index (χ3n) is 2.93. The van der Waals surface area contributed by atoms with Crippen LogP contribution < -0.4 is 0 Å². The number of rotatable bonds is 6. The van der Waals surface area contributed by atoms with Gasteiger partial charge in [0.25, 0.3) is 0 Å². The molecule has 1 aliphatic rings. The standard InChI is InChI=1S/C13H24S2/c1-11(2)5-7-13(8-6-12(3)4)9-10-14-15-13/h9-12H,5-8H2,1-4H3. The second-order valence-corrected chi connectivity index (χ2v) is 7.93. The fraction of sp³-hybridized carbons (Fsp3) is 0.846. The minimum atomic E-state index is 0.458. The van der Waals surface area contributed by atoms with Crippen molar-refractivity contribution in [2.24, 2.45) is 11.8 Å². The number of hydrogen-bond donors (Lipinski definition) is 0. The summed E-state index contributed by atoms with van der Waals surface area (Å²) in [7, 11) is 4.00. The van der Waals surface area contributed by atoms with Gasteiger partial charge >= 0.3 is 0 Å². The van der Waals surface area contributed by atoms with Crippen LogP contribution >= 0.6 is 21.6 Å². The molecule has 0 radical (unpaired) electrons. The van der Waals surface area contributed by atoms with Gasteiger partial charge in [0.05, 0.1) is 0 Å². The lowest BCUT2D eigenvalue weighted by Gasteiger charge is -2.27. The Balaban J connectivity index is 2.43. The molecule has 0 saturated carbocycles. The van der Waals surface area contributed by atoms with Crippen LogP contribution in [-0.2, 0) is 0 Å². The molecular formula is C13H24S2. The Kier molecular flexibility index (Phi) is 5.62. The van der Waals surface area contributed by atoms with Crippen LogP contribution in [0.25, 0.3) is 0 Å². The van der Waals surface area contributed by atoms with Gasteiger partial charge in [-0.25, -0.2) is 0 Å². The highest BCUT2D eigenvalue weighted by Crippen LogP contribution is 2.50. The molecule has 0 N–H and O–H groups in total. The second-order valence-electron chi connectivity index (χ2n) is 5.41. The van der Waals surface area contributed by atoms with E-state index in [4.69, 9.17) is 0 Å². The van der Waals surface area contributed by atoms with Crippen LogP contribution in [0.3, 0.4) is 0 Å². The van der Waals surface area contributed by atoms with Gasteiger partial charge in [-0.05, 0) is 42.9 Å². The fourth-order valence-electron chi connectivity index (χ4n) is 1.74. The molecule has 0 aliphatic carbocycles. The van der Waals surface area contributed by atoms with Crippen molar-refractivity contribution in [1.29, 1.82) is 0 Å². The van der Waals surface area contributed by atoms with Gasteiger partial charge in [0.1, 0.15) is 0 Å². The van der Waals surface area contributed by atoms with E-state index in [1.807, 2.05) is 10.8 Å². The Bertz CT molecular complexity index is 195. The summed E-state index contributed by atoms with van der Waals surface area (Å²) in [6.07, 6.45) is 7.87. The molecule has 0 atom stereocenters. The zero-order valence-corrected chi connectivity index (χ0v) is 12.1. The Hall–Kier alpha value is 0.440. The molecule has 0 spiro atoms. The van der Waals surface area contributed by atoms with Crippen LogP contribution in [0.4, 0.5) is 0 Å². The maximum Gasteiger partial charge on any atom is 0.0454 e. The topological polar surface area (TPSA) is 0 Å². The first-order valence-corrected chi connectivity index (χ1v) is 8.27. The molecular weight excluding hydrogens is 220 g/mol. The monoisotopic (exact) mass is 244 g/mol. The van der Waals surface area contributed by atoms with Gasteiger partial charge in [0.15, 0.2) is 0 Å². The predicted molar refractivity (Wildman–Crippen MR) is 75.2 cm³/mol. The fourth-order valence-corrected chi connectivity index (χ4v) is 4.49. The minimum Gasteiger partial charge on any atom is -0.0785 e. The van der Waals surface area contributed by atoms with Crippen LogP contribution in [-0.4, -0.2) is 4.75 Å². The third kappa shape index (κ3) is 4.86. The van der Waals surface area contributed by atoms with Gasteiger partial charge in [-0.2, -0.15) is 0 Å². The van der Waals surface area contributed by atoms with Crippen molar-refractivity contribution in [3.05, 3.63) is 11.5 Å². The van der Waals surface area contributed by atoms with Crippen molar-refractivity contribution in [2.45, 2.75) is 58.1 Å². The quantitative estimate of drug-likeness (QED) is 0.565. The molecule has 0 unspecified atom stereocenters. The molecule has 0 amide bonds. The van der Waals surface area contributed by atoms with E-state index in [1.165, 1.54) is 25.7 Å². The van der Waals surface area contributed by atoms with Crippen molar-refractivity contribution in [1.82, 2.24) is 0 Å². The summed E-state index contributed by atoms with van der Waals surface area (Å²) >= 11 is 0. The Morgan fingerprint density at radius 2 is 1.53 bits per heavy atom. The van der Waals surface area contributed by atoms with E-state index < -0.39 is 0 Å². The molecule has 1 aliphatic heterocycles. The van der Waals surface area contributed by atoms with Crippen LogP contribution in [0, 0.1) is 11.8 Å². The van der Waals surface area contributed by atoms with Crippen molar-refractivity contribution in [3.8, 4) is 0 Å². The Labute approximate surface area is 103 Å². The highest BCUT2D eigenvalue weighted by atomic mass is 33.1. The van der Waals surface area contributed by atoms with E-state index in [-0.39, 0.29) is 0 Å². The maximum atomic E-state index is 2.45. The summed E-state index contributed by atoms with van der Waals surface area (Å²) in [5.41, 5.74) is 0. The molecule has 2 heteroatoms. The second kappa shape index (κ2) is 6.24. The molecule has 0 bridgehead atoms. The summed E-state index contributed by atoms with van der Waals surface area (Å²) in [6, 6.07) is 0. The van der Waals surface area contributed by atoms with Crippen molar-refractivity contribution in [2.75, 3.05) is 0 Å². The molecule has 0 aromatic heterocycles. The third-order valence-corrected chi connectivity index (χ3v) is 5.77. The molecule has 0 saturated heterocycles. The first-order chi connectivity index (χ1) is 7.04. The van der Waals surface area contributed by atoms with E-state index in [2.05, 4.69) is 50.0 Å². The van der Waals surface area contributed by atoms with E-state index in [0.29, 0.717) is 4.75 Å². The molecule has 88 valence electrons. The van der Waals surface area contributed by atoms with E-state index in [9.17, 15) is 0 Å². The highest BCUT2D eigenvalue weighted by Gasteiger charge is 2.31. The van der Waals surface area contributed by atoms with E-state index in [0.717, 1.165) is 11.8 Å². The average molecular weight is 244 g/mol. The first kappa shape index (κ1) is 13.5. The predicted octanol–water partition coefficient (Wildman–Crippen LogP) is 5.51. The van der Waals surface area contributed by atoms with Crippen molar-refractivity contribution >= 4 is 21.6 Å². The highest BCUT2D eigenvalue weighted by molar-refractivity contribution is 8.78. The largest absolute Gasteiger partial charge is 0.0785 e. The van der Waals surface area contributed by atoms with Crippen molar-refractivity contribution in [3.63, 3.8) is 0 Å². The summed E-state index contributed by atoms with van der Waals surface area (Å²) in [4.78, 5) is 0. The molecule has 15 heavy (non-hydrogen) atoms. The Morgan fingerprint density at radius 3 is 1.87 bits per heavy atom. The van der Waals surface area contributed by atoms with Gasteiger partial charge < -0.3 is 0 Å². The smallest absolute Gasteiger partial charge is 0.0454 e. The van der Waals surface area contributed by atoms with Gasteiger partial charge in [-0.15, -0.1) is 0 Å². The maximum absolute atomic E-state index is 2.45. The van der Waals surface area contributed by atoms with Crippen LogP contribution in [0.5, 0.6) is 0 Å². The minimum absolute atomic E-state index is 0.458. The van der Waals surface area contributed by atoms with Crippen LogP contribution in [0.2, 0.25) is 0 Å². The summed E-state index contributed by atoms with van der Waals surface area (Å²) in [5.74, 6) is 1.67. The first-order valence-electron chi connectivity index (χ1n) is 6.06. The molecule has 0 fully saturated rings. The lowest BCUT2D eigenvalue weighted by molar-refractivity contribution is 0.450. The Morgan fingerprint density at radius 1 is 1.00 bits per heavy atom. The van der Waals surface area contributed by atoms with Gasteiger partial charge in [0, 0.05) is 4.75 Å². The van der Waals surface area contributed by atoms with E-state index in [1.54, 1.807) is 0 Å². The summed E-state index contributed by atoms with van der Waals surface area (Å²) in [5, 5.41) is 2.28. The SMILES string of the molecule is CC(C)CCC1(CCC(C)C)C=CSS1. The van der Waals surface area contributed by atoms with Crippen molar-refractivity contribution < 1.29 is 0 Å². The normalized spacial score (nSPS) is 19.3. The number of hydrogen-bond acceptors (Lipinski definition) is 2. The zero-order valence-electron chi connectivity index (χ0n) is 10.5. The zero-order chi connectivity index (χ0) is 11.3. The molecule has 0 nitrogen and oxygen atoms in total. The van der Waals surface area contributed by atoms with Gasteiger partial charge in [0.2, 0.25) is 0 Å². The molecule has 0 aromatic rings. The molecule has 1 rings (SSSR count). The molecule has 1 heterocycles. The van der Waals surface area contributed by atoms with Gasteiger partial charge in [-0.3, -0.25) is 0 Å². The summed E-state index contributed by atoms with van der Waals surface area (Å²) < 4.78 is 0.458. The van der Waals surface area contributed by atoms with Gasteiger partial charge in [-0.1, -0.05) is 55.4 Å². The average Bonchev–Trinajstić information content (AvgIpc) is 2.61. The lowest BCUT2D eigenvalue weighted by atomic mass is 9.90. The van der Waals surface area contributed by atoms with Crippen LogP contribution in [0.1, 0.15) is 53.4 Å². The summed E-state index contributed by atoms with van der Waals surface area (Å²) in [6.45, 7) is 9.30. The molecule has 0 aromatic carbocycles.